The van der Waals surface area contributed by atoms with E-state index in [0.717, 1.165) is 36.7 Å². The number of fused-ring (bicyclic) bond motifs is 3. The van der Waals surface area contributed by atoms with Gasteiger partial charge in [-0.15, -0.1) is 0 Å². The highest BCUT2D eigenvalue weighted by Crippen LogP contribution is 2.33. The molecule has 0 aliphatic carbocycles. The molecule has 1 fully saturated rings. The molecule has 0 radical (unpaired) electrons. The van der Waals surface area contributed by atoms with E-state index in [2.05, 4.69) is 4.90 Å². The fraction of sp³-hybridized carbons (Fsp3) is 0.316. The van der Waals surface area contributed by atoms with Crippen LogP contribution in [0, 0.1) is 0 Å². The Hall–Kier alpha value is -2.53. The minimum absolute atomic E-state index is 0.172. The number of likely N-dealkylation sites (tertiary alicyclic amines) is 1. The number of hydrogen-bond acceptors (Lipinski definition) is 5. The van der Waals surface area contributed by atoms with Crippen LogP contribution in [0.4, 0.5) is 0 Å². The molecule has 0 spiro atoms. The van der Waals surface area contributed by atoms with Gasteiger partial charge in [0.25, 0.3) is 0 Å². The molecule has 3 aromatic rings. The number of phenols is 1. The molecule has 2 aromatic carbocycles. The van der Waals surface area contributed by atoms with Crippen LogP contribution in [0.2, 0.25) is 0 Å². The summed E-state index contributed by atoms with van der Waals surface area (Å²) in [5.74, 6) is 0.788. The van der Waals surface area contributed by atoms with Crippen molar-refractivity contribution in [1.82, 2.24) is 4.90 Å². The molecule has 124 valence electrons. The third-order valence-corrected chi connectivity index (χ3v) is 4.75. The number of rotatable bonds is 3. The van der Waals surface area contributed by atoms with Gasteiger partial charge in [-0.2, -0.15) is 0 Å². The maximum absolute atomic E-state index is 12.4. The van der Waals surface area contributed by atoms with Crippen molar-refractivity contribution in [2.45, 2.75) is 19.4 Å². The quantitative estimate of drug-likeness (QED) is 0.591. The third-order valence-electron chi connectivity index (χ3n) is 4.75. The van der Waals surface area contributed by atoms with Crippen LogP contribution in [0.3, 0.4) is 0 Å². The second-order valence-corrected chi connectivity index (χ2v) is 6.22. The van der Waals surface area contributed by atoms with Crippen LogP contribution in [-0.4, -0.2) is 30.2 Å². The average Bonchev–Trinajstić information content (AvgIpc) is 3.10. The van der Waals surface area contributed by atoms with E-state index in [1.807, 2.05) is 12.1 Å². The van der Waals surface area contributed by atoms with Gasteiger partial charge in [0.05, 0.1) is 18.1 Å². The second-order valence-electron chi connectivity index (χ2n) is 6.22. The van der Waals surface area contributed by atoms with Gasteiger partial charge in [0, 0.05) is 17.3 Å². The first-order valence-electron chi connectivity index (χ1n) is 8.15. The lowest BCUT2D eigenvalue weighted by atomic mass is 10.0. The SMILES string of the molecule is COc1ccc2c(c1)c(=O)oc1c(CN3CCCC3)c(O)ccc12. The zero-order valence-corrected chi connectivity index (χ0v) is 13.5. The van der Waals surface area contributed by atoms with Gasteiger partial charge in [-0.1, -0.05) is 0 Å². The van der Waals surface area contributed by atoms with Crippen LogP contribution < -0.4 is 10.4 Å². The molecule has 0 bridgehead atoms. The van der Waals surface area contributed by atoms with Gasteiger partial charge in [0.2, 0.25) is 0 Å². The predicted octanol–water partition coefficient (Wildman–Crippen LogP) is 3.26. The summed E-state index contributed by atoms with van der Waals surface area (Å²) in [7, 11) is 1.57. The van der Waals surface area contributed by atoms with Gasteiger partial charge >= 0.3 is 5.63 Å². The molecule has 0 atom stereocenters. The molecule has 2 heterocycles. The van der Waals surface area contributed by atoms with E-state index in [-0.39, 0.29) is 5.75 Å². The van der Waals surface area contributed by atoms with Crippen LogP contribution in [0.15, 0.2) is 39.5 Å². The van der Waals surface area contributed by atoms with E-state index < -0.39 is 5.63 Å². The van der Waals surface area contributed by atoms with E-state index in [4.69, 9.17) is 9.15 Å². The van der Waals surface area contributed by atoms with E-state index in [9.17, 15) is 9.90 Å². The predicted molar refractivity (Wildman–Crippen MR) is 92.7 cm³/mol. The van der Waals surface area contributed by atoms with Crippen molar-refractivity contribution in [2.24, 2.45) is 0 Å². The molecule has 1 aromatic heterocycles. The summed E-state index contributed by atoms with van der Waals surface area (Å²) in [6.45, 7) is 2.60. The summed E-state index contributed by atoms with van der Waals surface area (Å²) in [5.41, 5.74) is 0.749. The standard InChI is InChI=1S/C19H19NO4/c1-23-12-4-5-13-14-6-7-17(21)16(11-20-8-2-3-9-20)18(14)24-19(22)15(13)10-12/h4-7,10,21H,2-3,8-9,11H2,1H3. The monoisotopic (exact) mass is 325 g/mol. The average molecular weight is 325 g/mol. The molecule has 0 saturated carbocycles. The zero-order chi connectivity index (χ0) is 16.7. The minimum atomic E-state index is -0.412. The number of ether oxygens (including phenoxy) is 1. The Labute approximate surface area is 139 Å². The van der Waals surface area contributed by atoms with Crippen molar-refractivity contribution in [2.75, 3.05) is 20.2 Å². The van der Waals surface area contributed by atoms with E-state index >= 15 is 0 Å². The maximum Gasteiger partial charge on any atom is 0.344 e. The smallest absolute Gasteiger partial charge is 0.344 e. The lowest BCUT2D eigenvalue weighted by Crippen LogP contribution is -2.18. The van der Waals surface area contributed by atoms with Crippen LogP contribution in [0.1, 0.15) is 18.4 Å². The Morgan fingerprint density at radius 1 is 1.12 bits per heavy atom. The van der Waals surface area contributed by atoms with Crippen LogP contribution in [-0.2, 0) is 6.54 Å². The highest BCUT2D eigenvalue weighted by atomic mass is 16.5. The van der Waals surface area contributed by atoms with E-state index in [1.54, 1.807) is 25.3 Å². The van der Waals surface area contributed by atoms with Crippen molar-refractivity contribution in [3.05, 3.63) is 46.3 Å². The van der Waals surface area contributed by atoms with Crippen molar-refractivity contribution < 1.29 is 14.3 Å². The molecule has 0 unspecified atom stereocenters. The molecule has 0 amide bonds. The summed E-state index contributed by atoms with van der Waals surface area (Å²) in [5, 5.41) is 12.4. The van der Waals surface area contributed by atoms with E-state index in [0.29, 0.717) is 28.8 Å². The molecular formula is C19H19NO4. The van der Waals surface area contributed by atoms with Gasteiger partial charge in [-0.3, -0.25) is 4.90 Å². The van der Waals surface area contributed by atoms with Crippen molar-refractivity contribution in [1.29, 1.82) is 0 Å². The lowest BCUT2D eigenvalue weighted by molar-refractivity contribution is 0.323. The Morgan fingerprint density at radius 2 is 1.88 bits per heavy atom. The van der Waals surface area contributed by atoms with Gasteiger partial charge in [-0.05, 0) is 56.3 Å². The Bertz CT molecular complexity index is 970. The van der Waals surface area contributed by atoms with Crippen molar-refractivity contribution in [3.63, 3.8) is 0 Å². The normalized spacial score (nSPS) is 15.4. The van der Waals surface area contributed by atoms with Crippen LogP contribution in [0.25, 0.3) is 21.7 Å². The summed E-state index contributed by atoms with van der Waals surface area (Å²) >= 11 is 0. The van der Waals surface area contributed by atoms with Crippen molar-refractivity contribution in [3.8, 4) is 11.5 Å². The fourth-order valence-corrected chi connectivity index (χ4v) is 3.47. The molecule has 24 heavy (non-hydrogen) atoms. The van der Waals surface area contributed by atoms with Gasteiger partial charge in [-0.25, -0.2) is 4.79 Å². The molecular weight excluding hydrogens is 306 g/mol. The third kappa shape index (κ3) is 2.41. The van der Waals surface area contributed by atoms with E-state index in [1.165, 1.54) is 0 Å². The lowest BCUT2D eigenvalue weighted by Gasteiger charge is -2.17. The Morgan fingerprint density at radius 3 is 2.62 bits per heavy atom. The minimum Gasteiger partial charge on any atom is -0.507 e. The number of aromatic hydroxyl groups is 1. The number of benzene rings is 2. The summed E-state index contributed by atoms with van der Waals surface area (Å²) in [4.78, 5) is 14.7. The van der Waals surface area contributed by atoms with Gasteiger partial charge in [0.1, 0.15) is 17.1 Å². The largest absolute Gasteiger partial charge is 0.507 e. The Kier molecular flexibility index (Phi) is 3.65. The maximum atomic E-state index is 12.4. The van der Waals surface area contributed by atoms with Crippen LogP contribution in [0.5, 0.6) is 11.5 Å². The molecule has 1 N–H and O–H groups in total. The first-order chi connectivity index (χ1) is 11.7. The molecule has 5 nitrogen and oxygen atoms in total. The number of hydrogen-bond donors (Lipinski definition) is 1. The summed E-state index contributed by atoms with van der Waals surface area (Å²) < 4.78 is 10.8. The first kappa shape index (κ1) is 15.0. The highest BCUT2D eigenvalue weighted by molar-refractivity contribution is 6.06. The molecule has 5 heteroatoms. The first-order valence-corrected chi connectivity index (χ1v) is 8.15. The molecule has 1 aliphatic heterocycles. The number of methoxy groups -OCH3 is 1. The van der Waals surface area contributed by atoms with Crippen LogP contribution >= 0.6 is 0 Å². The molecule has 1 saturated heterocycles. The molecule has 4 rings (SSSR count). The molecule has 1 aliphatic rings. The zero-order valence-electron chi connectivity index (χ0n) is 13.5. The van der Waals surface area contributed by atoms with Gasteiger partial charge in [0.15, 0.2) is 0 Å². The van der Waals surface area contributed by atoms with Crippen molar-refractivity contribution >= 4 is 21.7 Å². The number of nitrogens with zero attached hydrogens (tertiary/aromatic N) is 1. The number of phenolic OH excluding ortho intramolecular Hbond substituents is 1. The fourth-order valence-electron chi connectivity index (χ4n) is 3.47. The second kappa shape index (κ2) is 5.83. The highest BCUT2D eigenvalue weighted by Gasteiger charge is 2.19. The topological polar surface area (TPSA) is 62.9 Å². The Balaban J connectivity index is 1.96. The summed E-state index contributed by atoms with van der Waals surface area (Å²) in [6, 6.07) is 8.86. The summed E-state index contributed by atoms with van der Waals surface area (Å²) in [6.07, 6.45) is 2.33. The van der Waals surface area contributed by atoms with Gasteiger partial charge < -0.3 is 14.3 Å².